The van der Waals surface area contributed by atoms with E-state index in [2.05, 4.69) is 44.8 Å². The molecular weight excluding hydrogens is 531 g/mol. The second-order valence-corrected chi connectivity index (χ2v) is 8.23. The van der Waals surface area contributed by atoms with Crippen molar-refractivity contribution in [2.75, 3.05) is 39.3 Å². The predicted molar refractivity (Wildman–Crippen MR) is 144 cm³/mol. The van der Waals surface area contributed by atoms with Gasteiger partial charge in [-0.05, 0) is 51.3 Å². The molecule has 1 aromatic carbocycles. The number of rotatable bonds is 11. The molecule has 0 spiro atoms. The average molecular weight is 573 g/mol. The number of piperidine rings is 1. The Morgan fingerprint density at radius 3 is 2.58 bits per heavy atom. The van der Waals surface area contributed by atoms with Crippen LogP contribution in [0.3, 0.4) is 0 Å². The molecular formula is C24H41IN6O2. The van der Waals surface area contributed by atoms with Crippen molar-refractivity contribution in [3.8, 4) is 0 Å². The van der Waals surface area contributed by atoms with E-state index < -0.39 is 0 Å². The smallest absolute Gasteiger partial charge is 0.224 e. The second-order valence-electron chi connectivity index (χ2n) is 8.23. The summed E-state index contributed by atoms with van der Waals surface area (Å²) in [4.78, 5) is 32.5. The van der Waals surface area contributed by atoms with E-state index in [0.29, 0.717) is 25.5 Å². The zero-order valence-electron chi connectivity index (χ0n) is 20.3. The van der Waals surface area contributed by atoms with Crippen molar-refractivity contribution in [3.63, 3.8) is 0 Å². The van der Waals surface area contributed by atoms with Crippen LogP contribution >= 0.6 is 24.0 Å². The Morgan fingerprint density at radius 1 is 1.18 bits per heavy atom. The number of hydrogen-bond donors (Lipinski definition) is 3. The number of halogens is 1. The summed E-state index contributed by atoms with van der Waals surface area (Å²) in [7, 11) is 0. The fourth-order valence-electron chi connectivity index (χ4n) is 4.05. The first kappa shape index (κ1) is 29.2. The Kier molecular flexibility index (Phi) is 14.0. The van der Waals surface area contributed by atoms with Crippen molar-refractivity contribution < 1.29 is 9.59 Å². The minimum absolute atomic E-state index is 0. The minimum Gasteiger partial charge on any atom is -0.369 e. The maximum Gasteiger partial charge on any atom is 0.224 e. The number of nitrogens with one attached hydrogen (secondary N) is 2. The van der Waals surface area contributed by atoms with Gasteiger partial charge in [0.1, 0.15) is 0 Å². The van der Waals surface area contributed by atoms with Gasteiger partial charge in [0.25, 0.3) is 0 Å². The molecule has 0 radical (unpaired) electrons. The fraction of sp³-hybridized carbons (Fsp3) is 0.625. The van der Waals surface area contributed by atoms with Gasteiger partial charge in [-0.3, -0.25) is 14.5 Å². The van der Waals surface area contributed by atoms with Gasteiger partial charge in [0.15, 0.2) is 5.96 Å². The predicted octanol–water partition coefficient (Wildman–Crippen LogP) is 2.32. The third kappa shape index (κ3) is 10.3. The first-order chi connectivity index (χ1) is 15.5. The molecule has 1 fully saturated rings. The van der Waals surface area contributed by atoms with Crippen LogP contribution in [0.25, 0.3) is 0 Å². The largest absolute Gasteiger partial charge is 0.369 e. The first-order valence-electron chi connectivity index (χ1n) is 11.9. The molecule has 8 nitrogen and oxygen atoms in total. The van der Waals surface area contributed by atoms with Crippen LogP contribution in [0.1, 0.15) is 51.2 Å². The number of likely N-dealkylation sites (tertiary alicyclic amines) is 1. The van der Waals surface area contributed by atoms with Crippen molar-refractivity contribution in [2.24, 2.45) is 16.6 Å². The summed E-state index contributed by atoms with van der Waals surface area (Å²) in [5, 5.41) is 6.50. The van der Waals surface area contributed by atoms with Crippen LogP contribution in [0.2, 0.25) is 0 Å². The summed E-state index contributed by atoms with van der Waals surface area (Å²) in [5.74, 6) is 0.631. The number of hydrogen-bond acceptors (Lipinski definition) is 4. The molecule has 4 N–H and O–H groups in total. The van der Waals surface area contributed by atoms with E-state index in [-0.39, 0.29) is 41.7 Å². The average Bonchev–Trinajstić information content (AvgIpc) is 2.78. The molecule has 33 heavy (non-hydrogen) atoms. The lowest BCUT2D eigenvalue weighted by Gasteiger charge is -2.31. The summed E-state index contributed by atoms with van der Waals surface area (Å²) in [5.41, 5.74) is 7.85. The molecule has 2 rings (SSSR count). The summed E-state index contributed by atoms with van der Waals surface area (Å²) in [6.45, 7) is 11.9. The third-order valence-electron chi connectivity index (χ3n) is 5.82. The molecule has 0 aliphatic carbocycles. The molecule has 1 heterocycles. The van der Waals surface area contributed by atoms with Crippen LogP contribution in [-0.4, -0.2) is 66.8 Å². The lowest BCUT2D eigenvalue weighted by Crippen LogP contribution is -2.40. The Bertz CT molecular complexity index is 769. The molecule has 1 aliphatic heterocycles. The number of amides is 2. The van der Waals surface area contributed by atoms with Crippen LogP contribution in [0.4, 0.5) is 0 Å². The van der Waals surface area contributed by atoms with E-state index in [1.807, 2.05) is 25.7 Å². The van der Waals surface area contributed by atoms with Gasteiger partial charge in [-0.15, -0.1) is 24.0 Å². The number of carbonyl (C=O) groups excluding carboxylic acids is 2. The maximum absolute atomic E-state index is 12.2. The lowest BCUT2D eigenvalue weighted by atomic mass is 9.97. The topological polar surface area (TPSA) is 103 Å². The van der Waals surface area contributed by atoms with Crippen LogP contribution < -0.4 is 16.4 Å². The van der Waals surface area contributed by atoms with E-state index >= 15 is 0 Å². The Morgan fingerprint density at radius 2 is 1.91 bits per heavy atom. The molecule has 1 aliphatic rings. The highest BCUT2D eigenvalue weighted by Gasteiger charge is 2.23. The van der Waals surface area contributed by atoms with Crippen LogP contribution in [-0.2, 0) is 22.7 Å². The molecule has 186 valence electrons. The first-order valence-corrected chi connectivity index (χ1v) is 11.9. The van der Waals surface area contributed by atoms with E-state index in [4.69, 9.17) is 5.73 Å². The number of benzene rings is 1. The lowest BCUT2D eigenvalue weighted by molar-refractivity contribution is -0.130. The van der Waals surface area contributed by atoms with Crippen LogP contribution in [0.15, 0.2) is 29.3 Å². The maximum atomic E-state index is 12.2. The Labute approximate surface area is 215 Å². The highest BCUT2D eigenvalue weighted by atomic mass is 127. The summed E-state index contributed by atoms with van der Waals surface area (Å²) < 4.78 is 0. The second kappa shape index (κ2) is 15.9. The number of nitrogens with zero attached hydrogens (tertiary/aromatic N) is 3. The van der Waals surface area contributed by atoms with Gasteiger partial charge < -0.3 is 21.3 Å². The number of nitrogens with two attached hydrogens (primary N) is 1. The highest BCUT2D eigenvalue weighted by Crippen LogP contribution is 2.19. The Balaban J connectivity index is 0.00000544. The third-order valence-corrected chi connectivity index (χ3v) is 5.82. The van der Waals surface area contributed by atoms with Gasteiger partial charge in [-0.25, -0.2) is 4.99 Å². The zero-order valence-corrected chi connectivity index (χ0v) is 22.6. The quantitative estimate of drug-likeness (QED) is 0.215. The number of aliphatic imine (C=N–C) groups is 1. The van der Waals surface area contributed by atoms with Crippen molar-refractivity contribution in [2.45, 2.75) is 53.1 Å². The minimum atomic E-state index is -0.194. The van der Waals surface area contributed by atoms with E-state index in [1.165, 1.54) is 5.56 Å². The number of primary amides is 1. The molecule has 1 aromatic rings. The molecule has 0 saturated carbocycles. The fourth-order valence-corrected chi connectivity index (χ4v) is 4.05. The summed E-state index contributed by atoms with van der Waals surface area (Å²) in [6.07, 6.45) is 2.34. The normalized spacial score (nSPS) is 16.6. The van der Waals surface area contributed by atoms with Gasteiger partial charge in [0, 0.05) is 45.7 Å². The van der Waals surface area contributed by atoms with Crippen molar-refractivity contribution in [3.05, 3.63) is 35.4 Å². The van der Waals surface area contributed by atoms with Crippen molar-refractivity contribution in [1.29, 1.82) is 0 Å². The van der Waals surface area contributed by atoms with Gasteiger partial charge in [-0.2, -0.15) is 0 Å². The molecule has 9 heteroatoms. The molecule has 2 amide bonds. The number of guanidine groups is 1. The summed E-state index contributed by atoms with van der Waals surface area (Å²) >= 11 is 0. The van der Waals surface area contributed by atoms with Gasteiger partial charge in [-0.1, -0.05) is 24.3 Å². The molecule has 0 aromatic heterocycles. The van der Waals surface area contributed by atoms with Crippen LogP contribution in [0.5, 0.6) is 0 Å². The van der Waals surface area contributed by atoms with E-state index in [1.54, 1.807) is 0 Å². The SMILES string of the molecule is CCNC(=NCc1cccc(CN2CCCC(C(N)=O)C2)c1)NCCC(=O)N(CC)CC.I. The molecule has 1 saturated heterocycles. The van der Waals surface area contributed by atoms with Gasteiger partial charge >= 0.3 is 0 Å². The van der Waals surface area contributed by atoms with E-state index in [9.17, 15) is 9.59 Å². The zero-order chi connectivity index (χ0) is 23.3. The molecule has 1 atom stereocenters. The molecule has 1 unspecified atom stereocenters. The van der Waals surface area contributed by atoms with Crippen molar-refractivity contribution in [1.82, 2.24) is 20.4 Å². The molecule has 0 bridgehead atoms. The van der Waals surface area contributed by atoms with E-state index in [0.717, 1.165) is 57.7 Å². The highest BCUT2D eigenvalue weighted by molar-refractivity contribution is 14.0. The van der Waals surface area contributed by atoms with Crippen LogP contribution in [0, 0.1) is 5.92 Å². The monoisotopic (exact) mass is 572 g/mol. The van der Waals surface area contributed by atoms with Crippen molar-refractivity contribution >= 4 is 41.8 Å². The van der Waals surface area contributed by atoms with Gasteiger partial charge in [0.05, 0.1) is 12.5 Å². The Hall–Kier alpha value is -1.88. The summed E-state index contributed by atoms with van der Waals surface area (Å²) in [6, 6.07) is 8.41. The standard InChI is InChI=1S/C24H40N6O2.HI/c1-4-26-24(27-13-12-22(31)30(5-2)6-3)28-16-19-9-7-10-20(15-19)17-29-14-8-11-21(18-29)23(25)32;/h7,9-10,15,21H,4-6,8,11-14,16-18H2,1-3H3,(H2,25,32)(H2,26,27,28);1H. The number of carbonyl (C=O) groups is 2. The van der Waals surface area contributed by atoms with Gasteiger partial charge in [0.2, 0.25) is 11.8 Å².